The van der Waals surface area contributed by atoms with Crippen LogP contribution in [0.3, 0.4) is 0 Å². The van der Waals surface area contributed by atoms with Gasteiger partial charge >= 0.3 is 19.8 Å². The minimum absolute atomic E-state index is 0.0179. The van der Waals surface area contributed by atoms with Crippen molar-refractivity contribution in [3.63, 3.8) is 0 Å². The summed E-state index contributed by atoms with van der Waals surface area (Å²) in [4.78, 5) is 102. The van der Waals surface area contributed by atoms with Crippen LogP contribution in [-0.4, -0.2) is 108 Å². The molecule has 344 valence electrons. The lowest BCUT2D eigenvalue weighted by atomic mass is 9.90. The Morgan fingerprint density at radius 3 is 2.55 bits per heavy atom. The van der Waals surface area contributed by atoms with E-state index in [0.717, 1.165) is 4.57 Å². The molecular weight excluding hydrogens is 892 g/mol. The fourth-order valence-corrected chi connectivity index (χ4v) is 9.69. The Balaban J connectivity index is 0.840. The molecule has 1 aliphatic carbocycles. The lowest BCUT2D eigenvalue weighted by molar-refractivity contribution is -0.138. The number of amides is 3. The molecule has 4 aliphatic rings. The molecule has 0 saturated carbocycles. The van der Waals surface area contributed by atoms with Crippen LogP contribution in [0.25, 0.3) is 33.4 Å². The van der Waals surface area contributed by atoms with E-state index in [-0.39, 0.29) is 102 Å². The van der Waals surface area contributed by atoms with E-state index in [1.165, 1.54) is 67.2 Å². The smallest absolute Gasteiger partial charge is 0.508 e. The van der Waals surface area contributed by atoms with Gasteiger partial charge in [-0.2, -0.15) is 18.5 Å². The molecule has 0 spiro atoms. The normalized spacial score (nSPS) is 19.6. The summed E-state index contributed by atoms with van der Waals surface area (Å²) < 4.78 is 28.8. The Kier molecular flexibility index (Phi) is 14.6. The van der Waals surface area contributed by atoms with Crippen molar-refractivity contribution < 1.29 is 62.1 Å². The second-order valence-corrected chi connectivity index (χ2v) is 18.5. The number of carbonyl (C=O) groups is 4. The first-order valence-corrected chi connectivity index (χ1v) is 23.0. The number of likely N-dealkylation sites (tertiary alicyclic amines) is 1. The van der Waals surface area contributed by atoms with Crippen LogP contribution in [0.2, 0.25) is 0 Å². The zero-order valence-electron chi connectivity index (χ0n) is 35.1. The van der Waals surface area contributed by atoms with Crippen LogP contribution in [0.1, 0.15) is 60.7 Å². The number of unbranched alkanes of at least 4 members (excludes halogenated alkanes) is 2. The Hall–Kier alpha value is -5.77. The molecule has 0 bridgehead atoms. The lowest BCUT2D eigenvalue weighted by Gasteiger charge is -2.18. The molecule has 2 saturated heterocycles. The van der Waals surface area contributed by atoms with Crippen LogP contribution in [0, 0.1) is 6.92 Å². The Labute approximate surface area is 374 Å². The third kappa shape index (κ3) is 10.9. The predicted molar refractivity (Wildman–Crippen MR) is 236 cm³/mol. The number of aryl methyl sites for hydroxylation is 1. The quantitative estimate of drug-likeness (QED) is 0.0293. The topological polar surface area (TPSA) is 286 Å². The number of nitrogens with one attached hydrogen (secondary N) is 2. The number of benzene rings is 3. The number of rotatable bonds is 19. The molecule has 0 radical (unpaired) electrons. The number of phenols is 1. The highest BCUT2D eigenvalue weighted by Crippen LogP contribution is 2.57. The van der Waals surface area contributed by atoms with Crippen molar-refractivity contribution in [2.75, 3.05) is 37.9 Å². The summed E-state index contributed by atoms with van der Waals surface area (Å²) in [6.45, 7) is 1.23. The van der Waals surface area contributed by atoms with E-state index < -0.39 is 49.1 Å². The molecule has 3 amide bonds. The van der Waals surface area contributed by atoms with Gasteiger partial charge in [-0.1, -0.05) is 12.5 Å². The first kappa shape index (κ1) is 47.2. The maximum absolute atomic E-state index is 13.1. The number of hydrogen-bond donors (Lipinski definition) is 6. The lowest BCUT2D eigenvalue weighted by Crippen LogP contribution is -2.33. The zero-order chi connectivity index (χ0) is 46.6. The molecule has 2 fully saturated rings. The number of nitrogens with zero attached hydrogens (tertiary/aromatic N) is 2. The van der Waals surface area contributed by atoms with E-state index in [1.807, 2.05) is 0 Å². The third-order valence-corrected chi connectivity index (χ3v) is 13.5. The number of fused-ring (bicyclic) bond motifs is 2. The van der Waals surface area contributed by atoms with Gasteiger partial charge in [-0.3, -0.25) is 38.4 Å². The van der Waals surface area contributed by atoms with E-state index in [1.54, 1.807) is 24.3 Å². The van der Waals surface area contributed by atoms with Gasteiger partial charge in [-0.05, 0) is 61.7 Å². The summed E-state index contributed by atoms with van der Waals surface area (Å²) in [5.74, 6) is -1.99. The van der Waals surface area contributed by atoms with Gasteiger partial charge < -0.3 is 29.8 Å². The molecule has 2 aromatic carbocycles. The minimum Gasteiger partial charge on any atom is -0.508 e. The van der Waals surface area contributed by atoms with Crippen LogP contribution in [0.5, 0.6) is 5.75 Å². The van der Waals surface area contributed by atoms with Gasteiger partial charge in [0.25, 0.3) is 5.56 Å². The number of phenolic OH excluding ortho intramolecular Hbond substituents is 1. The fourth-order valence-electron chi connectivity index (χ4n) is 7.63. The predicted octanol–water partition coefficient (Wildman–Crippen LogP) is 4.18. The van der Waals surface area contributed by atoms with Crippen molar-refractivity contribution in [3.8, 4) is 28.2 Å². The average molecular weight is 938 g/mol. The second-order valence-electron chi connectivity index (χ2n) is 15.4. The molecular formula is C43H46N4O16PS+. The molecule has 6 N–H and O–H groups in total. The van der Waals surface area contributed by atoms with E-state index in [0.29, 0.717) is 41.3 Å². The standard InChI is InChI=1S/C43H45N4O16PS/c1-23-21-47(43(57)45-40(23)53)38-19-31(50)34(63-38)22-61-64(58,59-2)60-14-15-65-35-20-37(52)46(41(35)54)13-5-3-4-6-36(51)44-24-7-10-27(30(16-24)42(55)56)39-28-11-8-25(48)17-32(28)62-33-18-26(49)9-12-29(33)39/h7-12,16-18,21,31,34-35,38,50,58H,3-6,13-15,19-20,22H2,1-2H3,(H3-,44,45,48,49,51,53,55,56,57)/p+1/t31?,34-,35?,38-,64?/m1/s1. The number of aromatic hydroxyl groups is 1. The molecule has 1 aromatic heterocycles. The van der Waals surface area contributed by atoms with Crippen LogP contribution < -0.4 is 22.0 Å². The van der Waals surface area contributed by atoms with Crippen LogP contribution >= 0.6 is 19.9 Å². The van der Waals surface area contributed by atoms with E-state index in [9.17, 15) is 53.8 Å². The molecule has 20 nitrogen and oxygen atoms in total. The van der Waals surface area contributed by atoms with E-state index in [4.69, 9.17) is 22.7 Å². The summed E-state index contributed by atoms with van der Waals surface area (Å²) >= 11 is 1.17. The Morgan fingerprint density at radius 2 is 1.78 bits per heavy atom. The van der Waals surface area contributed by atoms with E-state index in [2.05, 4.69) is 10.3 Å². The van der Waals surface area contributed by atoms with Gasteiger partial charge in [0, 0.05) is 77.7 Å². The number of anilines is 1. The molecule has 3 unspecified atom stereocenters. The van der Waals surface area contributed by atoms with E-state index >= 15 is 0 Å². The Bertz CT molecular complexity index is 2780. The van der Waals surface area contributed by atoms with Crippen molar-refractivity contribution in [3.05, 3.63) is 103 Å². The first-order chi connectivity index (χ1) is 31.0. The molecule has 22 heteroatoms. The fraction of sp³-hybridized carbons (Fsp3) is 0.372. The van der Waals surface area contributed by atoms with Crippen molar-refractivity contribution in [2.45, 2.75) is 69.1 Å². The molecule has 4 heterocycles. The van der Waals surface area contributed by atoms with Crippen molar-refractivity contribution in [1.29, 1.82) is 0 Å². The minimum atomic E-state index is -3.88. The maximum Gasteiger partial charge on any atom is 0.572 e. The van der Waals surface area contributed by atoms with Crippen molar-refractivity contribution >= 4 is 60.3 Å². The SMILES string of the molecule is CO[P+](O)(OCCSC1CC(=O)N(CCCCCC(=O)Nc2ccc(-c3c4ccc(=O)cc-4oc4cc(O)ccc34)c(C(=O)O)c2)C1=O)OC[C@H]1O[C@@H](n2cc(C)c(=O)[nH]c2=O)CC1O. The number of carboxylic acids is 1. The van der Waals surface area contributed by atoms with Gasteiger partial charge in [-0.15, -0.1) is 11.8 Å². The number of aliphatic hydroxyl groups excluding tert-OH is 1. The van der Waals surface area contributed by atoms with Gasteiger partial charge in [0.15, 0.2) is 5.43 Å². The number of aromatic nitrogens is 2. The number of hydrogen-bond acceptors (Lipinski definition) is 16. The molecule has 3 aliphatic heterocycles. The van der Waals surface area contributed by atoms with Crippen molar-refractivity contribution in [1.82, 2.24) is 14.5 Å². The molecule has 65 heavy (non-hydrogen) atoms. The van der Waals surface area contributed by atoms with Gasteiger partial charge in [0.05, 0.1) is 24.0 Å². The number of carboxylic acid groups (broad SMARTS) is 1. The van der Waals surface area contributed by atoms with Crippen LogP contribution in [0.4, 0.5) is 5.69 Å². The third-order valence-electron chi connectivity index (χ3n) is 10.9. The molecule has 7 rings (SSSR count). The number of ether oxygens (including phenoxy) is 1. The number of thioether (sulfide) groups is 1. The number of aliphatic hydroxyl groups is 1. The summed E-state index contributed by atoms with van der Waals surface area (Å²) in [6.07, 6.45) is -0.107. The summed E-state index contributed by atoms with van der Waals surface area (Å²) in [6, 6.07) is 13.1. The second kappa shape index (κ2) is 20.2. The summed E-state index contributed by atoms with van der Waals surface area (Å²) in [7, 11) is -2.71. The largest absolute Gasteiger partial charge is 0.572 e. The van der Waals surface area contributed by atoms with Gasteiger partial charge in [0.1, 0.15) is 42.6 Å². The number of imide groups is 1. The number of aromatic carboxylic acids is 1. The summed E-state index contributed by atoms with van der Waals surface area (Å²) in [5, 5.41) is 33.4. The monoisotopic (exact) mass is 937 g/mol. The highest BCUT2D eigenvalue weighted by molar-refractivity contribution is 8.00. The zero-order valence-corrected chi connectivity index (χ0v) is 36.8. The van der Waals surface area contributed by atoms with Crippen LogP contribution in [0.15, 0.2) is 79.6 Å². The summed E-state index contributed by atoms with van der Waals surface area (Å²) in [5.41, 5.74) is 0.360. The highest BCUT2D eigenvalue weighted by Gasteiger charge is 2.47. The van der Waals surface area contributed by atoms with Gasteiger partial charge in [-0.25, -0.2) is 9.59 Å². The maximum atomic E-state index is 13.1. The van der Waals surface area contributed by atoms with Crippen LogP contribution in [-0.2, 0) is 32.7 Å². The van der Waals surface area contributed by atoms with Gasteiger partial charge in [0.2, 0.25) is 17.7 Å². The number of aromatic amines is 1. The highest BCUT2D eigenvalue weighted by atomic mass is 32.2. The van der Waals surface area contributed by atoms with Crippen molar-refractivity contribution in [2.24, 2.45) is 0 Å². The Morgan fingerprint density at radius 1 is 1.00 bits per heavy atom. The first-order valence-electron chi connectivity index (χ1n) is 20.5. The average Bonchev–Trinajstić information content (AvgIpc) is 3.77. The molecule has 5 atom stereocenters. The number of carbonyl (C=O) groups excluding carboxylic acids is 3. The number of H-pyrrole nitrogens is 1. The molecule has 3 aromatic rings.